The standard InChI is InChI=1S/C13H19N3O2/c1-9-8-18-6-5-16(9)12-4-3-10(7-11(12)14)13(17)15-2/h3-4,7,9H,5-6,8,14H2,1-2H3,(H,15,17). The number of nitrogens with two attached hydrogens (primary N) is 1. The average Bonchev–Trinajstić information content (AvgIpc) is 2.39. The van der Waals surface area contributed by atoms with Gasteiger partial charge in [0, 0.05) is 25.2 Å². The van der Waals surface area contributed by atoms with Crippen molar-refractivity contribution in [2.24, 2.45) is 0 Å². The number of benzene rings is 1. The highest BCUT2D eigenvalue weighted by Gasteiger charge is 2.21. The van der Waals surface area contributed by atoms with E-state index in [2.05, 4.69) is 17.1 Å². The smallest absolute Gasteiger partial charge is 0.251 e. The fraction of sp³-hybridized carbons (Fsp3) is 0.462. The molecule has 0 spiro atoms. The quantitative estimate of drug-likeness (QED) is 0.763. The summed E-state index contributed by atoms with van der Waals surface area (Å²) < 4.78 is 5.41. The average molecular weight is 249 g/mol. The van der Waals surface area contributed by atoms with Crippen molar-refractivity contribution in [3.8, 4) is 0 Å². The summed E-state index contributed by atoms with van der Waals surface area (Å²) >= 11 is 0. The van der Waals surface area contributed by atoms with Crippen molar-refractivity contribution in [3.05, 3.63) is 23.8 Å². The van der Waals surface area contributed by atoms with Crippen LogP contribution in [0.3, 0.4) is 0 Å². The molecule has 1 aromatic carbocycles. The lowest BCUT2D eigenvalue weighted by molar-refractivity contribution is 0.0962. The van der Waals surface area contributed by atoms with Crippen LogP contribution in [0.5, 0.6) is 0 Å². The minimum absolute atomic E-state index is 0.122. The lowest BCUT2D eigenvalue weighted by Gasteiger charge is -2.36. The third kappa shape index (κ3) is 2.41. The second-order valence-corrected chi connectivity index (χ2v) is 4.47. The van der Waals surface area contributed by atoms with Crippen molar-refractivity contribution in [3.63, 3.8) is 0 Å². The summed E-state index contributed by atoms with van der Waals surface area (Å²) in [6, 6.07) is 5.72. The first kappa shape index (κ1) is 12.7. The van der Waals surface area contributed by atoms with Gasteiger partial charge in [-0.1, -0.05) is 0 Å². The maximum atomic E-state index is 11.5. The van der Waals surface area contributed by atoms with Crippen LogP contribution in [0.25, 0.3) is 0 Å². The third-order valence-electron chi connectivity index (χ3n) is 3.19. The van der Waals surface area contributed by atoms with Gasteiger partial charge in [0.15, 0.2) is 0 Å². The number of anilines is 2. The number of carbonyl (C=O) groups is 1. The minimum atomic E-state index is -0.122. The molecule has 18 heavy (non-hydrogen) atoms. The predicted octanol–water partition coefficient (Wildman–Crippen LogP) is 0.853. The van der Waals surface area contributed by atoms with Crippen molar-refractivity contribution in [1.29, 1.82) is 0 Å². The monoisotopic (exact) mass is 249 g/mol. The number of rotatable bonds is 2. The number of morpholine rings is 1. The Hall–Kier alpha value is -1.75. The number of nitrogens with one attached hydrogen (secondary N) is 1. The molecule has 1 saturated heterocycles. The SMILES string of the molecule is CNC(=O)c1ccc(N2CCOCC2C)c(N)c1. The predicted molar refractivity (Wildman–Crippen MR) is 71.9 cm³/mol. The fourth-order valence-corrected chi connectivity index (χ4v) is 2.19. The van der Waals surface area contributed by atoms with Gasteiger partial charge in [-0.2, -0.15) is 0 Å². The number of nitrogens with zero attached hydrogens (tertiary/aromatic N) is 1. The number of ether oxygens (including phenoxy) is 1. The number of carbonyl (C=O) groups excluding carboxylic acids is 1. The van der Waals surface area contributed by atoms with Crippen molar-refractivity contribution in [2.75, 3.05) is 37.4 Å². The molecule has 5 nitrogen and oxygen atoms in total. The van der Waals surface area contributed by atoms with Crippen LogP contribution in [0, 0.1) is 0 Å². The van der Waals surface area contributed by atoms with Crippen molar-refractivity contribution >= 4 is 17.3 Å². The number of amides is 1. The first-order valence-corrected chi connectivity index (χ1v) is 6.09. The van der Waals surface area contributed by atoms with E-state index in [1.165, 1.54) is 0 Å². The zero-order chi connectivity index (χ0) is 13.1. The summed E-state index contributed by atoms with van der Waals surface area (Å²) in [5.41, 5.74) is 8.23. The van der Waals surface area contributed by atoms with Crippen molar-refractivity contribution in [1.82, 2.24) is 5.32 Å². The number of hydrogen-bond acceptors (Lipinski definition) is 4. The highest BCUT2D eigenvalue weighted by atomic mass is 16.5. The van der Waals surface area contributed by atoms with Gasteiger partial charge >= 0.3 is 0 Å². The van der Waals surface area contributed by atoms with Gasteiger partial charge in [0.2, 0.25) is 0 Å². The normalized spacial score (nSPS) is 19.7. The first-order chi connectivity index (χ1) is 8.63. The Balaban J connectivity index is 2.26. The van der Waals surface area contributed by atoms with Crippen molar-refractivity contribution in [2.45, 2.75) is 13.0 Å². The first-order valence-electron chi connectivity index (χ1n) is 6.09. The van der Waals surface area contributed by atoms with Gasteiger partial charge in [0.1, 0.15) is 0 Å². The second-order valence-electron chi connectivity index (χ2n) is 4.47. The minimum Gasteiger partial charge on any atom is -0.397 e. The molecule has 0 radical (unpaired) electrons. The summed E-state index contributed by atoms with van der Waals surface area (Å²) in [4.78, 5) is 13.7. The third-order valence-corrected chi connectivity index (χ3v) is 3.19. The summed E-state index contributed by atoms with van der Waals surface area (Å²) in [7, 11) is 1.61. The molecular formula is C13H19N3O2. The Morgan fingerprint density at radius 2 is 2.33 bits per heavy atom. The van der Waals surface area contributed by atoms with Gasteiger partial charge in [0.05, 0.1) is 24.6 Å². The highest BCUT2D eigenvalue weighted by Crippen LogP contribution is 2.27. The topological polar surface area (TPSA) is 67.6 Å². The molecule has 5 heteroatoms. The Morgan fingerprint density at radius 3 is 2.94 bits per heavy atom. The molecule has 1 atom stereocenters. The molecule has 0 saturated carbocycles. The van der Waals surface area contributed by atoms with Crippen LogP contribution in [0.2, 0.25) is 0 Å². The van der Waals surface area contributed by atoms with Crippen LogP contribution in [0.4, 0.5) is 11.4 Å². The molecule has 0 aliphatic carbocycles. The van der Waals surface area contributed by atoms with E-state index in [1.807, 2.05) is 6.07 Å². The Labute approximate surface area is 107 Å². The molecule has 0 bridgehead atoms. The van der Waals surface area contributed by atoms with E-state index in [4.69, 9.17) is 10.5 Å². The van der Waals surface area contributed by atoms with Crippen LogP contribution in [0.15, 0.2) is 18.2 Å². The van der Waals surface area contributed by atoms with Gasteiger partial charge in [-0.05, 0) is 25.1 Å². The molecule has 1 amide bonds. The molecule has 1 fully saturated rings. The van der Waals surface area contributed by atoms with Gasteiger partial charge in [-0.25, -0.2) is 0 Å². The largest absolute Gasteiger partial charge is 0.397 e. The van der Waals surface area contributed by atoms with Crippen LogP contribution >= 0.6 is 0 Å². The van der Waals surface area contributed by atoms with Gasteiger partial charge in [0.25, 0.3) is 5.91 Å². The summed E-state index contributed by atoms with van der Waals surface area (Å²) in [6.45, 7) is 4.34. The summed E-state index contributed by atoms with van der Waals surface area (Å²) in [5.74, 6) is -0.122. The molecular weight excluding hydrogens is 230 g/mol. The lowest BCUT2D eigenvalue weighted by Crippen LogP contribution is -2.44. The van der Waals surface area contributed by atoms with Crippen LogP contribution < -0.4 is 16.0 Å². The molecule has 1 aliphatic heterocycles. The molecule has 98 valence electrons. The molecule has 2 rings (SSSR count). The maximum absolute atomic E-state index is 11.5. The van der Waals surface area contributed by atoms with E-state index in [0.29, 0.717) is 30.5 Å². The Bertz CT molecular complexity index is 448. The van der Waals surface area contributed by atoms with Crippen molar-refractivity contribution < 1.29 is 9.53 Å². The molecule has 1 aliphatic rings. The molecule has 0 aromatic heterocycles. The molecule has 1 aromatic rings. The van der Waals surface area contributed by atoms with Gasteiger partial charge < -0.3 is 20.7 Å². The van der Waals surface area contributed by atoms with Crippen LogP contribution in [-0.2, 0) is 4.74 Å². The van der Waals surface area contributed by atoms with E-state index in [0.717, 1.165) is 12.2 Å². The highest BCUT2D eigenvalue weighted by molar-refractivity contribution is 5.96. The molecule has 3 N–H and O–H groups in total. The van der Waals surface area contributed by atoms with Gasteiger partial charge in [-0.3, -0.25) is 4.79 Å². The molecule has 1 heterocycles. The summed E-state index contributed by atoms with van der Waals surface area (Å²) in [5, 5.41) is 2.59. The number of hydrogen-bond donors (Lipinski definition) is 2. The molecule has 1 unspecified atom stereocenters. The van der Waals surface area contributed by atoms with E-state index in [1.54, 1.807) is 19.2 Å². The lowest BCUT2D eigenvalue weighted by atomic mass is 10.1. The zero-order valence-corrected chi connectivity index (χ0v) is 10.8. The summed E-state index contributed by atoms with van der Waals surface area (Å²) in [6.07, 6.45) is 0. The number of nitrogen functional groups attached to an aromatic ring is 1. The van der Waals surface area contributed by atoms with Gasteiger partial charge in [-0.15, -0.1) is 0 Å². The second kappa shape index (κ2) is 5.27. The maximum Gasteiger partial charge on any atom is 0.251 e. The van der Waals surface area contributed by atoms with Crippen LogP contribution in [0.1, 0.15) is 17.3 Å². The van der Waals surface area contributed by atoms with E-state index >= 15 is 0 Å². The zero-order valence-electron chi connectivity index (χ0n) is 10.8. The van der Waals surface area contributed by atoms with E-state index in [9.17, 15) is 4.79 Å². The Kier molecular flexibility index (Phi) is 3.72. The van der Waals surface area contributed by atoms with E-state index < -0.39 is 0 Å². The van der Waals surface area contributed by atoms with Crippen LogP contribution in [-0.4, -0.2) is 38.8 Å². The fourth-order valence-electron chi connectivity index (χ4n) is 2.19. The Morgan fingerprint density at radius 1 is 1.56 bits per heavy atom. The van der Waals surface area contributed by atoms with E-state index in [-0.39, 0.29) is 5.91 Å².